The van der Waals surface area contributed by atoms with Crippen molar-refractivity contribution >= 4 is 16.9 Å². The van der Waals surface area contributed by atoms with E-state index in [1.807, 2.05) is 37.6 Å². The van der Waals surface area contributed by atoms with E-state index in [1.54, 1.807) is 30.6 Å². The average molecular weight is 407 g/mol. The maximum Gasteiger partial charge on any atom is 0.288 e. The summed E-state index contributed by atoms with van der Waals surface area (Å²) in [4.78, 5) is 17.5. The predicted molar refractivity (Wildman–Crippen MR) is 111 cm³/mol. The Morgan fingerprint density at radius 2 is 2.03 bits per heavy atom. The topological polar surface area (TPSA) is 69.3 Å². The van der Waals surface area contributed by atoms with Crippen molar-refractivity contribution in [3.05, 3.63) is 83.4 Å². The zero-order valence-electron chi connectivity index (χ0n) is 17.0. The normalized spacial score (nSPS) is 12.1. The van der Waals surface area contributed by atoms with Crippen LogP contribution in [-0.4, -0.2) is 22.1 Å². The molecule has 0 radical (unpaired) electrons. The van der Waals surface area contributed by atoms with Crippen molar-refractivity contribution in [3.8, 4) is 5.75 Å². The fourth-order valence-electron chi connectivity index (χ4n) is 3.48. The minimum atomic E-state index is -0.565. The lowest BCUT2D eigenvalue weighted by Gasteiger charge is -2.18. The number of carbonyl (C=O) groups excluding carboxylic acids is 1. The molecule has 4 aromatic rings. The number of nitrogens with one attached hydrogen (secondary N) is 1. The van der Waals surface area contributed by atoms with Gasteiger partial charge in [-0.15, -0.1) is 0 Å². The average Bonchev–Trinajstić information content (AvgIpc) is 3.30. The van der Waals surface area contributed by atoms with Gasteiger partial charge in [0.1, 0.15) is 29.0 Å². The van der Waals surface area contributed by atoms with E-state index in [-0.39, 0.29) is 17.5 Å². The van der Waals surface area contributed by atoms with Crippen LogP contribution >= 0.6 is 0 Å². The molecule has 2 heterocycles. The Morgan fingerprint density at radius 1 is 1.27 bits per heavy atom. The lowest BCUT2D eigenvalue weighted by atomic mass is 10.1. The minimum Gasteiger partial charge on any atom is -0.494 e. The molecule has 154 valence electrons. The smallest absolute Gasteiger partial charge is 0.288 e. The maximum absolute atomic E-state index is 13.4. The first-order valence-electron chi connectivity index (χ1n) is 9.67. The van der Waals surface area contributed by atoms with Crippen LogP contribution in [0.4, 0.5) is 4.39 Å². The summed E-state index contributed by atoms with van der Waals surface area (Å²) in [7, 11) is 1.84. The van der Waals surface area contributed by atoms with Crippen LogP contribution in [0, 0.1) is 12.7 Å². The second-order valence-electron chi connectivity index (χ2n) is 7.00. The zero-order chi connectivity index (χ0) is 21.3. The van der Waals surface area contributed by atoms with Crippen molar-refractivity contribution in [1.82, 2.24) is 14.9 Å². The third-order valence-corrected chi connectivity index (χ3v) is 5.02. The van der Waals surface area contributed by atoms with Crippen molar-refractivity contribution in [3.63, 3.8) is 0 Å². The molecule has 4 rings (SSSR count). The first kappa shape index (κ1) is 19.7. The Hall–Kier alpha value is -3.61. The van der Waals surface area contributed by atoms with E-state index in [1.165, 1.54) is 12.1 Å². The van der Waals surface area contributed by atoms with Gasteiger partial charge in [0.2, 0.25) is 0 Å². The number of hydrogen-bond donors (Lipinski definition) is 1. The molecule has 0 saturated carbocycles. The minimum absolute atomic E-state index is 0.222. The summed E-state index contributed by atoms with van der Waals surface area (Å²) in [5.74, 6) is 0.848. The summed E-state index contributed by atoms with van der Waals surface area (Å²) < 4.78 is 26.6. The zero-order valence-corrected chi connectivity index (χ0v) is 17.0. The molecule has 1 unspecified atom stereocenters. The number of imidazole rings is 1. The highest BCUT2D eigenvalue weighted by Crippen LogP contribution is 2.30. The van der Waals surface area contributed by atoms with Gasteiger partial charge in [-0.2, -0.15) is 0 Å². The molecule has 2 aromatic heterocycles. The van der Waals surface area contributed by atoms with Crippen LogP contribution in [0.1, 0.15) is 40.5 Å². The van der Waals surface area contributed by atoms with Gasteiger partial charge in [0.15, 0.2) is 5.76 Å². The van der Waals surface area contributed by atoms with Crippen LogP contribution in [0.25, 0.3) is 11.0 Å². The quantitative estimate of drug-likeness (QED) is 0.510. The fourth-order valence-corrected chi connectivity index (χ4v) is 3.48. The molecular weight excluding hydrogens is 385 g/mol. The maximum atomic E-state index is 13.4. The number of furan rings is 1. The number of carbonyl (C=O) groups is 1. The monoisotopic (exact) mass is 407 g/mol. The Kier molecular flexibility index (Phi) is 5.27. The van der Waals surface area contributed by atoms with Crippen LogP contribution < -0.4 is 10.1 Å². The summed E-state index contributed by atoms with van der Waals surface area (Å²) in [6.45, 7) is 4.31. The lowest BCUT2D eigenvalue weighted by Crippen LogP contribution is -2.31. The lowest BCUT2D eigenvalue weighted by molar-refractivity contribution is 0.0914. The van der Waals surface area contributed by atoms with Gasteiger partial charge in [-0.1, -0.05) is 12.1 Å². The van der Waals surface area contributed by atoms with E-state index in [9.17, 15) is 9.18 Å². The first-order chi connectivity index (χ1) is 14.5. The van der Waals surface area contributed by atoms with Gasteiger partial charge >= 0.3 is 0 Å². The number of rotatable bonds is 6. The summed E-state index contributed by atoms with van der Waals surface area (Å²) in [6, 6.07) is 10.9. The summed E-state index contributed by atoms with van der Waals surface area (Å²) in [6.07, 6.45) is 3.44. The number of aryl methyl sites for hydroxylation is 2. The molecule has 0 spiro atoms. The Balaban J connectivity index is 1.70. The van der Waals surface area contributed by atoms with Gasteiger partial charge in [0.05, 0.1) is 6.61 Å². The van der Waals surface area contributed by atoms with E-state index in [4.69, 9.17) is 9.15 Å². The van der Waals surface area contributed by atoms with Crippen LogP contribution in [0.15, 0.2) is 59.3 Å². The number of ether oxygens (including phenoxy) is 1. The fraction of sp³-hybridized carbons (Fsp3) is 0.217. The molecule has 1 amide bonds. The molecule has 0 aliphatic rings. The predicted octanol–water partition coefficient (Wildman–Crippen LogP) is 4.53. The van der Waals surface area contributed by atoms with Gasteiger partial charge in [-0.3, -0.25) is 4.79 Å². The molecule has 7 heteroatoms. The second-order valence-corrected chi connectivity index (χ2v) is 7.00. The number of halogens is 1. The van der Waals surface area contributed by atoms with Gasteiger partial charge in [-0.25, -0.2) is 9.37 Å². The van der Waals surface area contributed by atoms with Gasteiger partial charge < -0.3 is 19.0 Å². The molecule has 0 saturated heterocycles. The van der Waals surface area contributed by atoms with E-state index in [2.05, 4.69) is 10.3 Å². The number of benzene rings is 2. The van der Waals surface area contributed by atoms with Crippen molar-refractivity contribution < 1.29 is 18.3 Å². The van der Waals surface area contributed by atoms with Crippen molar-refractivity contribution in [2.75, 3.05) is 6.61 Å². The molecule has 0 fully saturated rings. The van der Waals surface area contributed by atoms with E-state index in [0.717, 1.165) is 16.7 Å². The SMILES string of the molecule is CCOc1ccc2oc(C(=O)NC(c3ccc(F)cc3)c3nccn3C)c(C)c2c1. The van der Waals surface area contributed by atoms with E-state index < -0.39 is 6.04 Å². The van der Waals surface area contributed by atoms with Gasteiger partial charge in [0.25, 0.3) is 5.91 Å². The summed E-state index contributed by atoms with van der Waals surface area (Å²) in [5.41, 5.74) is 2.05. The molecule has 0 aliphatic heterocycles. The molecule has 1 atom stereocenters. The second kappa shape index (κ2) is 8.02. The summed E-state index contributed by atoms with van der Waals surface area (Å²) >= 11 is 0. The summed E-state index contributed by atoms with van der Waals surface area (Å²) in [5, 5.41) is 3.80. The van der Waals surface area contributed by atoms with Crippen molar-refractivity contribution in [2.24, 2.45) is 7.05 Å². The number of hydrogen-bond acceptors (Lipinski definition) is 4. The van der Waals surface area contributed by atoms with Crippen molar-refractivity contribution in [2.45, 2.75) is 19.9 Å². The Bertz CT molecular complexity index is 1190. The molecular formula is C23H22FN3O3. The van der Waals surface area contributed by atoms with Crippen LogP contribution in [0.5, 0.6) is 5.75 Å². The molecule has 30 heavy (non-hydrogen) atoms. The first-order valence-corrected chi connectivity index (χ1v) is 9.67. The third-order valence-electron chi connectivity index (χ3n) is 5.02. The molecule has 6 nitrogen and oxygen atoms in total. The molecule has 0 bridgehead atoms. The molecule has 0 aliphatic carbocycles. The number of aromatic nitrogens is 2. The van der Waals surface area contributed by atoms with Crippen LogP contribution in [0.3, 0.4) is 0 Å². The highest BCUT2D eigenvalue weighted by molar-refractivity contribution is 5.99. The van der Waals surface area contributed by atoms with Crippen LogP contribution in [-0.2, 0) is 7.05 Å². The highest BCUT2D eigenvalue weighted by Gasteiger charge is 2.25. The number of fused-ring (bicyclic) bond motifs is 1. The Morgan fingerprint density at radius 3 is 2.70 bits per heavy atom. The largest absolute Gasteiger partial charge is 0.494 e. The molecule has 2 aromatic carbocycles. The third kappa shape index (κ3) is 3.66. The Labute approximate surface area is 173 Å². The standard InChI is InChI=1S/C23H22FN3O3/c1-4-29-17-9-10-19-18(13-17)14(2)21(30-19)23(28)26-20(22-25-11-12-27(22)3)15-5-7-16(24)8-6-15/h5-13,20H,4H2,1-3H3,(H,26,28). The highest BCUT2D eigenvalue weighted by atomic mass is 19.1. The number of nitrogens with zero attached hydrogens (tertiary/aromatic N) is 2. The van der Waals surface area contributed by atoms with Gasteiger partial charge in [-0.05, 0) is 49.7 Å². The van der Waals surface area contributed by atoms with Gasteiger partial charge in [0, 0.05) is 30.4 Å². The van der Waals surface area contributed by atoms with Crippen LogP contribution in [0.2, 0.25) is 0 Å². The number of amides is 1. The van der Waals surface area contributed by atoms with Crippen molar-refractivity contribution in [1.29, 1.82) is 0 Å². The van der Waals surface area contributed by atoms with E-state index in [0.29, 0.717) is 23.6 Å². The van der Waals surface area contributed by atoms with E-state index >= 15 is 0 Å². The molecule has 1 N–H and O–H groups in total.